The first-order chi connectivity index (χ1) is 11.4. The lowest BCUT2D eigenvalue weighted by Crippen LogP contribution is -2.55. The smallest absolute Gasteiger partial charge is 0.282 e. The van der Waals surface area contributed by atoms with E-state index in [-0.39, 0.29) is 5.82 Å². The van der Waals surface area contributed by atoms with Gasteiger partial charge in [-0.15, -0.1) is 0 Å². The molecule has 24 heavy (non-hydrogen) atoms. The van der Waals surface area contributed by atoms with E-state index in [9.17, 15) is 12.8 Å². The average molecular weight is 355 g/mol. The van der Waals surface area contributed by atoms with Gasteiger partial charge in [-0.25, -0.2) is 4.39 Å². The average Bonchev–Trinajstić information content (AvgIpc) is 2.55. The highest BCUT2D eigenvalue weighted by Crippen LogP contribution is 2.26. The van der Waals surface area contributed by atoms with Gasteiger partial charge in [0.1, 0.15) is 5.82 Å². The first-order valence-electron chi connectivity index (χ1n) is 8.62. The summed E-state index contributed by atoms with van der Waals surface area (Å²) in [5.74, 6) is 0.557. The van der Waals surface area contributed by atoms with E-state index >= 15 is 0 Å². The second kappa shape index (κ2) is 6.98. The summed E-state index contributed by atoms with van der Waals surface area (Å²) in [6.45, 7) is 7.66. The minimum atomic E-state index is -3.38. The lowest BCUT2D eigenvalue weighted by Gasteiger charge is -2.40. The Morgan fingerprint density at radius 3 is 2.00 bits per heavy atom. The zero-order chi connectivity index (χ0) is 17.3. The predicted octanol–water partition coefficient (Wildman–Crippen LogP) is 2.17. The van der Waals surface area contributed by atoms with Gasteiger partial charge in [0, 0.05) is 45.0 Å². The van der Waals surface area contributed by atoms with Gasteiger partial charge in [0.15, 0.2) is 0 Å². The molecule has 0 aliphatic carbocycles. The summed E-state index contributed by atoms with van der Waals surface area (Å²) in [5, 5.41) is 0. The fourth-order valence-electron chi connectivity index (χ4n) is 3.79. The van der Waals surface area contributed by atoms with Crippen LogP contribution in [0.4, 0.5) is 10.1 Å². The molecule has 0 aromatic heterocycles. The van der Waals surface area contributed by atoms with Crippen molar-refractivity contribution in [2.45, 2.75) is 20.3 Å². The number of benzene rings is 1. The van der Waals surface area contributed by atoms with Gasteiger partial charge in [0.25, 0.3) is 10.2 Å². The number of nitrogens with zero attached hydrogens (tertiary/aromatic N) is 3. The van der Waals surface area contributed by atoms with Crippen LogP contribution in [0, 0.1) is 17.7 Å². The van der Waals surface area contributed by atoms with Gasteiger partial charge in [-0.1, -0.05) is 13.8 Å². The van der Waals surface area contributed by atoms with E-state index in [4.69, 9.17) is 0 Å². The van der Waals surface area contributed by atoms with Crippen molar-refractivity contribution in [2.24, 2.45) is 11.8 Å². The molecule has 2 atom stereocenters. The van der Waals surface area contributed by atoms with Crippen LogP contribution in [0.15, 0.2) is 24.3 Å². The summed E-state index contributed by atoms with van der Waals surface area (Å²) in [6.07, 6.45) is 1.09. The lowest BCUT2D eigenvalue weighted by molar-refractivity contribution is 0.207. The molecular formula is C17H26FN3O2S. The Morgan fingerprint density at radius 2 is 1.46 bits per heavy atom. The molecule has 0 bridgehead atoms. The number of anilines is 1. The van der Waals surface area contributed by atoms with Crippen LogP contribution in [-0.2, 0) is 10.2 Å². The van der Waals surface area contributed by atoms with Crippen molar-refractivity contribution in [2.75, 3.05) is 44.2 Å². The molecular weight excluding hydrogens is 329 g/mol. The Morgan fingerprint density at radius 1 is 0.917 bits per heavy atom. The van der Waals surface area contributed by atoms with Crippen molar-refractivity contribution >= 4 is 15.9 Å². The fraction of sp³-hybridized carbons (Fsp3) is 0.647. The summed E-state index contributed by atoms with van der Waals surface area (Å²) in [6, 6.07) is 6.37. The van der Waals surface area contributed by atoms with Gasteiger partial charge in [0.2, 0.25) is 0 Å². The third kappa shape index (κ3) is 3.73. The van der Waals surface area contributed by atoms with E-state index in [2.05, 4.69) is 18.7 Å². The summed E-state index contributed by atoms with van der Waals surface area (Å²) in [5.41, 5.74) is 0.939. The van der Waals surface area contributed by atoms with Crippen LogP contribution in [0.5, 0.6) is 0 Å². The van der Waals surface area contributed by atoms with Crippen molar-refractivity contribution < 1.29 is 12.8 Å². The van der Waals surface area contributed by atoms with Crippen LogP contribution in [0.25, 0.3) is 0 Å². The molecule has 0 saturated carbocycles. The molecule has 1 aromatic rings. The van der Waals surface area contributed by atoms with E-state index in [0.717, 1.165) is 12.1 Å². The molecule has 0 amide bonds. The van der Waals surface area contributed by atoms with Crippen molar-refractivity contribution in [3.63, 3.8) is 0 Å². The maximum atomic E-state index is 13.0. The zero-order valence-corrected chi connectivity index (χ0v) is 15.2. The molecule has 134 valence electrons. The predicted molar refractivity (Wildman–Crippen MR) is 93.6 cm³/mol. The maximum absolute atomic E-state index is 13.0. The zero-order valence-electron chi connectivity index (χ0n) is 14.4. The quantitative estimate of drug-likeness (QED) is 0.835. The van der Waals surface area contributed by atoms with E-state index < -0.39 is 10.2 Å². The van der Waals surface area contributed by atoms with Gasteiger partial charge in [-0.05, 0) is 42.5 Å². The van der Waals surface area contributed by atoms with Gasteiger partial charge in [0.05, 0.1) is 0 Å². The minimum absolute atomic E-state index is 0.256. The largest absolute Gasteiger partial charge is 0.369 e. The van der Waals surface area contributed by atoms with Crippen LogP contribution in [0.2, 0.25) is 0 Å². The van der Waals surface area contributed by atoms with Gasteiger partial charge in [-0.3, -0.25) is 0 Å². The summed E-state index contributed by atoms with van der Waals surface area (Å²) in [7, 11) is -3.38. The number of piperidine rings is 1. The van der Waals surface area contributed by atoms with Gasteiger partial charge >= 0.3 is 0 Å². The molecule has 7 heteroatoms. The highest BCUT2D eigenvalue weighted by atomic mass is 32.2. The van der Waals surface area contributed by atoms with Crippen molar-refractivity contribution in [3.8, 4) is 0 Å². The Hall–Kier alpha value is -1.18. The third-order valence-electron chi connectivity index (χ3n) is 4.92. The molecule has 0 N–H and O–H groups in total. The number of rotatable bonds is 3. The fourth-order valence-corrected chi connectivity index (χ4v) is 5.62. The van der Waals surface area contributed by atoms with E-state index in [1.165, 1.54) is 12.1 Å². The van der Waals surface area contributed by atoms with Gasteiger partial charge < -0.3 is 4.90 Å². The summed E-state index contributed by atoms with van der Waals surface area (Å²) in [4.78, 5) is 2.10. The molecule has 2 unspecified atom stereocenters. The Bertz CT molecular complexity index is 647. The topological polar surface area (TPSA) is 43.9 Å². The molecule has 2 aliphatic rings. The van der Waals surface area contributed by atoms with Crippen LogP contribution in [0.3, 0.4) is 0 Å². The second-order valence-corrected chi connectivity index (χ2v) is 9.06. The molecule has 2 saturated heterocycles. The van der Waals surface area contributed by atoms with Crippen LogP contribution in [-0.4, -0.2) is 56.3 Å². The lowest BCUT2D eigenvalue weighted by atomic mass is 9.94. The molecule has 2 heterocycles. The molecule has 2 aliphatic heterocycles. The SMILES string of the molecule is CC1CC(C)CN(S(=O)(=O)N2CCN(c3ccc(F)cc3)CC2)C1. The van der Waals surface area contributed by atoms with Crippen LogP contribution >= 0.6 is 0 Å². The summed E-state index contributed by atoms with van der Waals surface area (Å²) < 4.78 is 42.1. The maximum Gasteiger partial charge on any atom is 0.282 e. The van der Waals surface area contributed by atoms with Gasteiger partial charge in [-0.2, -0.15) is 17.0 Å². The van der Waals surface area contributed by atoms with Crippen LogP contribution < -0.4 is 4.90 Å². The van der Waals surface area contributed by atoms with Crippen molar-refractivity contribution in [1.29, 1.82) is 0 Å². The molecule has 0 spiro atoms. The number of piperazine rings is 1. The molecule has 2 fully saturated rings. The number of halogens is 1. The van der Waals surface area contributed by atoms with Crippen molar-refractivity contribution in [1.82, 2.24) is 8.61 Å². The molecule has 3 rings (SSSR count). The number of hydrogen-bond donors (Lipinski definition) is 0. The first-order valence-corrected chi connectivity index (χ1v) is 10.0. The summed E-state index contributed by atoms with van der Waals surface area (Å²) >= 11 is 0. The monoisotopic (exact) mass is 355 g/mol. The Labute approximate surface area is 144 Å². The number of hydrogen-bond acceptors (Lipinski definition) is 3. The first kappa shape index (κ1) is 17.6. The molecule has 5 nitrogen and oxygen atoms in total. The standard InChI is InChI=1S/C17H26FN3O2S/c1-14-11-15(2)13-21(12-14)24(22,23)20-9-7-19(8-10-20)17-5-3-16(18)4-6-17/h3-6,14-15H,7-13H2,1-2H3. The minimum Gasteiger partial charge on any atom is -0.369 e. The van der Waals surface area contributed by atoms with Crippen molar-refractivity contribution in [3.05, 3.63) is 30.1 Å². The van der Waals surface area contributed by atoms with Crippen LogP contribution in [0.1, 0.15) is 20.3 Å². The highest BCUT2D eigenvalue weighted by Gasteiger charge is 2.36. The molecule has 0 radical (unpaired) electrons. The van der Waals surface area contributed by atoms with E-state index in [1.54, 1.807) is 20.7 Å². The van der Waals surface area contributed by atoms with E-state index in [1.807, 2.05) is 0 Å². The normalized spacial score (nSPS) is 27.4. The second-order valence-electron chi connectivity index (χ2n) is 7.13. The van der Waals surface area contributed by atoms with E-state index in [0.29, 0.717) is 51.1 Å². The Kier molecular flexibility index (Phi) is 5.13. The highest BCUT2D eigenvalue weighted by molar-refractivity contribution is 7.86. The molecule has 1 aromatic carbocycles. The Balaban J connectivity index is 1.64. The third-order valence-corrected chi connectivity index (χ3v) is 6.89.